The first-order valence-electron chi connectivity index (χ1n) is 5.00. The van der Waals surface area contributed by atoms with E-state index in [1.165, 1.54) is 6.07 Å². The number of halogens is 1. The molecule has 0 saturated heterocycles. The average molecular weight is 244 g/mol. The first-order valence-corrected chi connectivity index (χ1v) is 5.54. The molecule has 0 aliphatic heterocycles. The molecule has 0 bridgehead atoms. The smallest absolute Gasteiger partial charge is 0.310 e. The Morgan fingerprint density at radius 2 is 2.19 bits per heavy atom. The van der Waals surface area contributed by atoms with E-state index < -0.39 is 4.92 Å². The summed E-state index contributed by atoms with van der Waals surface area (Å²) in [5.41, 5.74) is 0.792. The van der Waals surface area contributed by atoms with Crippen molar-refractivity contribution in [2.45, 2.75) is 19.7 Å². The molecular weight excluding hydrogens is 230 g/mol. The van der Waals surface area contributed by atoms with Gasteiger partial charge < -0.3 is 4.74 Å². The minimum Gasteiger partial charge on any atom is -0.487 e. The number of hydrogen-bond acceptors (Lipinski definition) is 3. The molecule has 5 heteroatoms. The lowest BCUT2D eigenvalue weighted by molar-refractivity contribution is -0.385. The van der Waals surface area contributed by atoms with Crippen LogP contribution in [0, 0.1) is 16.0 Å². The number of rotatable bonds is 5. The predicted octanol–water partition coefficient (Wildman–Crippen LogP) is 3.37. The molecule has 1 aromatic carbocycles. The first kappa shape index (κ1) is 12.8. The molecule has 0 saturated carbocycles. The summed E-state index contributed by atoms with van der Waals surface area (Å²) in [6, 6.07) is 4.67. The summed E-state index contributed by atoms with van der Waals surface area (Å²) in [5, 5.41) is 10.8. The van der Waals surface area contributed by atoms with Crippen molar-refractivity contribution in [3.63, 3.8) is 0 Å². The molecule has 0 aliphatic carbocycles. The van der Waals surface area contributed by atoms with Gasteiger partial charge in [-0.15, -0.1) is 11.6 Å². The lowest BCUT2D eigenvalue weighted by Gasteiger charge is -2.09. The second-order valence-corrected chi connectivity index (χ2v) is 4.16. The molecule has 0 aliphatic rings. The molecule has 0 aromatic heterocycles. The molecule has 0 fully saturated rings. The normalized spacial score (nSPS) is 10.5. The summed E-state index contributed by atoms with van der Waals surface area (Å²) in [6.07, 6.45) is 0. The number of nitrogens with zero attached hydrogens (tertiary/aromatic N) is 1. The van der Waals surface area contributed by atoms with Gasteiger partial charge in [-0.25, -0.2) is 0 Å². The van der Waals surface area contributed by atoms with Crippen LogP contribution in [0.5, 0.6) is 5.75 Å². The van der Waals surface area contributed by atoms with E-state index >= 15 is 0 Å². The van der Waals surface area contributed by atoms with Crippen LogP contribution < -0.4 is 4.74 Å². The Balaban J connectivity index is 2.96. The van der Waals surface area contributed by atoms with Gasteiger partial charge in [-0.3, -0.25) is 10.1 Å². The van der Waals surface area contributed by atoms with Gasteiger partial charge in [-0.05, 0) is 17.5 Å². The van der Waals surface area contributed by atoms with Crippen molar-refractivity contribution in [2.24, 2.45) is 5.92 Å². The van der Waals surface area contributed by atoms with Crippen LogP contribution in [0.4, 0.5) is 5.69 Å². The van der Waals surface area contributed by atoms with Gasteiger partial charge in [0.25, 0.3) is 0 Å². The standard InChI is InChI=1S/C11H14ClNO3/c1-8(2)7-16-11-5-9(6-12)3-4-10(11)13(14)15/h3-5,8H,6-7H2,1-2H3. The number of benzene rings is 1. The van der Waals surface area contributed by atoms with E-state index in [1.807, 2.05) is 13.8 Å². The van der Waals surface area contributed by atoms with Crippen LogP contribution in [-0.4, -0.2) is 11.5 Å². The van der Waals surface area contributed by atoms with E-state index in [-0.39, 0.29) is 11.4 Å². The monoisotopic (exact) mass is 243 g/mol. The molecule has 0 N–H and O–H groups in total. The van der Waals surface area contributed by atoms with E-state index in [0.29, 0.717) is 18.4 Å². The zero-order valence-corrected chi connectivity index (χ0v) is 10.0. The van der Waals surface area contributed by atoms with Crippen LogP contribution in [0.15, 0.2) is 18.2 Å². The third-order valence-electron chi connectivity index (χ3n) is 1.95. The molecule has 1 rings (SSSR count). The fourth-order valence-electron chi connectivity index (χ4n) is 1.16. The van der Waals surface area contributed by atoms with Crippen molar-refractivity contribution in [2.75, 3.05) is 6.61 Å². The number of nitro benzene ring substituents is 1. The van der Waals surface area contributed by atoms with Crippen LogP contribution in [0.2, 0.25) is 0 Å². The Kier molecular flexibility index (Phi) is 4.55. The van der Waals surface area contributed by atoms with E-state index in [4.69, 9.17) is 16.3 Å². The van der Waals surface area contributed by atoms with Crippen molar-refractivity contribution < 1.29 is 9.66 Å². The van der Waals surface area contributed by atoms with Crippen molar-refractivity contribution in [3.05, 3.63) is 33.9 Å². The number of hydrogen-bond donors (Lipinski definition) is 0. The first-order chi connectivity index (χ1) is 7.54. The van der Waals surface area contributed by atoms with Crippen molar-refractivity contribution >= 4 is 17.3 Å². The SMILES string of the molecule is CC(C)COc1cc(CCl)ccc1[N+](=O)[O-]. The van der Waals surface area contributed by atoms with Gasteiger partial charge in [0.2, 0.25) is 0 Å². The van der Waals surface area contributed by atoms with E-state index in [9.17, 15) is 10.1 Å². The summed E-state index contributed by atoms with van der Waals surface area (Å²) < 4.78 is 5.40. The molecule has 0 atom stereocenters. The highest BCUT2D eigenvalue weighted by molar-refractivity contribution is 6.17. The van der Waals surface area contributed by atoms with Gasteiger partial charge >= 0.3 is 5.69 Å². The lowest BCUT2D eigenvalue weighted by Crippen LogP contribution is -2.06. The largest absolute Gasteiger partial charge is 0.487 e. The fraction of sp³-hybridized carbons (Fsp3) is 0.455. The van der Waals surface area contributed by atoms with Crippen LogP contribution >= 0.6 is 11.6 Å². The van der Waals surface area contributed by atoms with E-state index in [1.54, 1.807) is 12.1 Å². The van der Waals surface area contributed by atoms with Crippen LogP contribution in [0.3, 0.4) is 0 Å². The predicted molar refractivity (Wildman–Crippen MR) is 63.0 cm³/mol. The number of nitro groups is 1. The lowest BCUT2D eigenvalue weighted by atomic mass is 10.2. The quantitative estimate of drug-likeness (QED) is 0.453. The molecule has 0 amide bonds. The van der Waals surface area contributed by atoms with Crippen molar-refractivity contribution in [1.29, 1.82) is 0 Å². The second kappa shape index (κ2) is 5.70. The van der Waals surface area contributed by atoms with Gasteiger partial charge in [0.05, 0.1) is 11.5 Å². The Morgan fingerprint density at radius 3 is 2.69 bits per heavy atom. The summed E-state index contributed by atoms with van der Waals surface area (Å²) in [7, 11) is 0. The van der Waals surface area contributed by atoms with Crippen LogP contribution in [-0.2, 0) is 5.88 Å². The maximum absolute atomic E-state index is 10.8. The van der Waals surface area contributed by atoms with E-state index in [0.717, 1.165) is 5.56 Å². The molecule has 0 radical (unpaired) electrons. The Hall–Kier alpha value is -1.29. The summed E-state index contributed by atoms with van der Waals surface area (Å²) in [4.78, 5) is 10.3. The van der Waals surface area contributed by atoms with Gasteiger partial charge in [-0.1, -0.05) is 19.9 Å². The average Bonchev–Trinajstić information content (AvgIpc) is 2.25. The maximum Gasteiger partial charge on any atom is 0.310 e. The van der Waals surface area contributed by atoms with Gasteiger partial charge in [0.15, 0.2) is 5.75 Å². The van der Waals surface area contributed by atoms with Gasteiger partial charge in [0, 0.05) is 11.9 Å². The third-order valence-corrected chi connectivity index (χ3v) is 2.26. The zero-order chi connectivity index (χ0) is 12.1. The third kappa shape index (κ3) is 3.38. The maximum atomic E-state index is 10.8. The highest BCUT2D eigenvalue weighted by Gasteiger charge is 2.15. The molecule has 0 heterocycles. The molecule has 0 unspecified atom stereocenters. The highest BCUT2D eigenvalue weighted by Crippen LogP contribution is 2.28. The molecule has 88 valence electrons. The highest BCUT2D eigenvalue weighted by atomic mass is 35.5. The van der Waals surface area contributed by atoms with Crippen molar-refractivity contribution in [1.82, 2.24) is 0 Å². The van der Waals surface area contributed by atoms with Crippen molar-refractivity contribution in [3.8, 4) is 5.75 Å². The summed E-state index contributed by atoms with van der Waals surface area (Å²) in [6.45, 7) is 4.42. The number of alkyl halides is 1. The molecule has 16 heavy (non-hydrogen) atoms. The minimum atomic E-state index is -0.451. The van der Waals surface area contributed by atoms with Gasteiger partial charge in [-0.2, -0.15) is 0 Å². The summed E-state index contributed by atoms with van der Waals surface area (Å²) in [5.74, 6) is 0.923. The Labute approximate surface area is 99.3 Å². The zero-order valence-electron chi connectivity index (χ0n) is 9.27. The molecule has 4 nitrogen and oxygen atoms in total. The topological polar surface area (TPSA) is 52.4 Å². The second-order valence-electron chi connectivity index (χ2n) is 3.90. The van der Waals surface area contributed by atoms with Crippen LogP contribution in [0.1, 0.15) is 19.4 Å². The molecule has 1 aromatic rings. The Morgan fingerprint density at radius 1 is 1.50 bits per heavy atom. The minimum absolute atomic E-state index is 0.0190. The molecular formula is C11H14ClNO3. The van der Waals surface area contributed by atoms with Crippen LogP contribution in [0.25, 0.3) is 0 Å². The fourth-order valence-corrected chi connectivity index (χ4v) is 1.33. The Bertz CT molecular complexity index is 379. The summed E-state index contributed by atoms with van der Waals surface area (Å²) >= 11 is 5.67. The number of ether oxygens (including phenoxy) is 1. The van der Waals surface area contributed by atoms with Gasteiger partial charge in [0.1, 0.15) is 0 Å². The molecule has 0 spiro atoms. The van der Waals surface area contributed by atoms with E-state index in [2.05, 4.69) is 0 Å².